The molecule has 5 heteroatoms. The van der Waals surface area contributed by atoms with Crippen LogP contribution in [-0.2, 0) is 0 Å². The zero-order chi connectivity index (χ0) is 10.7. The van der Waals surface area contributed by atoms with Gasteiger partial charge in [0.05, 0.1) is 17.6 Å². The first-order valence-corrected chi connectivity index (χ1v) is 4.50. The minimum absolute atomic E-state index is 0.0569. The van der Waals surface area contributed by atoms with Gasteiger partial charge in [-0.05, 0) is 0 Å². The first kappa shape index (κ1) is 9.49. The highest BCUT2D eigenvalue weighted by molar-refractivity contribution is 5.91. The summed E-state index contributed by atoms with van der Waals surface area (Å²) >= 11 is 0. The molecule has 0 bridgehead atoms. The van der Waals surface area contributed by atoms with Crippen LogP contribution < -0.4 is 5.73 Å². The van der Waals surface area contributed by atoms with E-state index < -0.39 is 0 Å². The van der Waals surface area contributed by atoms with Gasteiger partial charge in [-0.3, -0.25) is 0 Å². The number of aliphatic hydroxyl groups is 1. The Kier molecular flexibility index (Phi) is 2.52. The van der Waals surface area contributed by atoms with Crippen LogP contribution in [0.25, 0.3) is 11.0 Å². The highest BCUT2D eigenvalue weighted by atomic mass is 16.2. The molecule has 0 aromatic carbocycles. The van der Waals surface area contributed by atoms with Gasteiger partial charge in [-0.2, -0.15) is 0 Å². The fourth-order valence-electron chi connectivity index (χ4n) is 1.30. The second-order valence-corrected chi connectivity index (χ2v) is 2.96. The van der Waals surface area contributed by atoms with Crippen LogP contribution in [0.15, 0.2) is 12.5 Å². The number of aliphatic hydroxyl groups excluding tert-OH is 1. The normalized spacial score (nSPS) is 9.93. The van der Waals surface area contributed by atoms with Crippen molar-refractivity contribution in [3.8, 4) is 11.8 Å². The Hall–Kier alpha value is -2.06. The molecule has 0 saturated carbocycles. The molecule has 4 N–H and O–H groups in total. The van der Waals surface area contributed by atoms with Crippen molar-refractivity contribution in [1.82, 2.24) is 15.0 Å². The Morgan fingerprint density at radius 2 is 2.33 bits per heavy atom. The van der Waals surface area contributed by atoms with Gasteiger partial charge in [0, 0.05) is 12.6 Å². The van der Waals surface area contributed by atoms with Crippen molar-refractivity contribution in [3.63, 3.8) is 0 Å². The predicted molar refractivity (Wildman–Crippen MR) is 56.9 cm³/mol. The number of nitrogens with zero attached hydrogens (tertiary/aromatic N) is 2. The summed E-state index contributed by atoms with van der Waals surface area (Å²) in [5.74, 6) is 6.15. The summed E-state index contributed by atoms with van der Waals surface area (Å²) in [6.45, 7) is 0.0569. The van der Waals surface area contributed by atoms with Crippen molar-refractivity contribution in [3.05, 3.63) is 18.1 Å². The molecule has 5 nitrogen and oxygen atoms in total. The van der Waals surface area contributed by atoms with Gasteiger partial charge in [0.1, 0.15) is 17.8 Å². The van der Waals surface area contributed by atoms with Crippen LogP contribution in [0, 0.1) is 11.8 Å². The van der Waals surface area contributed by atoms with Gasteiger partial charge < -0.3 is 15.8 Å². The zero-order valence-electron chi connectivity index (χ0n) is 7.99. The topological polar surface area (TPSA) is 87.8 Å². The molecule has 0 amide bonds. The van der Waals surface area contributed by atoms with Gasteiger partial charge in [0.15, 0.2) is 0 Å². The molecule has 76 valence electrons. The zero-order valence-corrected chi connectivity index (χ0v) is 7.99. The van der Waals surface area contributed by atoms with Crippen LogP contribution in [0.1, 0.15) is 12.0 Å². The molecule has 2 aromatic rings. The molecule has 0 unspecified atom stereocenters. The van der Waals surface area contributed by atoms with Crippen LogP contribution in [0.5, 0.6) is 0 Å². The Morgan fingerprint density at radius 3 is 3.13 bits per heavy atom. The van der Waals surface area contributed by atoms with Crippen LogP contribution >= 0.6 is 0 Å². The molecule has 15 heavy (non-hydrogen) atoms. The molecule has 2 aromatic heterocycles. The van der Waals surface area contributed by atoms with E-state index in [0.29, 0.717) is 17.9 Å². The van der Waals surface area contributed by atoms with Crippen LogP contribution in [0.3, 0.4) is 0 Å². The lowest BCUT2D eigenvalue weighted by Gasteiger charge is -1.93. The molecular formula is C10H10N4O. The molecule has 0 aliphatic carbocycles. The van der Waals surface area contributed by atoms with E-state index in [4.69, 9.17) is 10.8 Å². The lowest BCUT2D eigenvalue weighted by Crippen LogP contribution is -1.92. The predicted octanol–water partition coefficient (Wildman–Crippen LogP) is 0.274. The van der Waals surface area contributed by atoms with Gasteiger partial charge in [-0.25, -0.2) is 9.97 Å². The monoisotopic (exact) mass is 202 g/mol. The number of hydrogen-bond donors (Lipinski definition) is 3. The molecule has 2 heterocycles. The molecule has 0 atom stereocenters. The van der Waals surface area contributed by atoms with E-state index >= 15 is 0 Å². The summed E-state index contributed by atoms with van der Waals surface area (Å²) in [4.78, 5) is 10.9. The number of nitrogen functional groups attached to an aromatic ring is 1. The van der Waals surface area contributed by atoms with E-state index in [0.717, 1.165) is 10.9 Å². The number of aromatic amines is 1. The Labute approximate surface area is 86.4 Å². The van der Waals surface area contributed by atoms with Gasteiger partial charge >= 0.3 is 0 Å². The maximum absolute atomic E-state index is 8.60. The lowest BCUT2D eigenvalue weighted by molar-refractivity contribution is 0.305. The van der Waals surface area contributed by atoms with Crippen LogP contribution in [-0.4, -0.2) is 26.7 Å². The first-order chi connectivity index (χ1) is 7.33. The maximum Gasteiger partial charge on any atom is 0.144 e. The number of rotatable bonds is 1. The second kappa shape index (κ2) is 3.98. The van der Waals surface area contributed by atoms with E-state index in [2.05, 4.69) is 26.8 Å². The van der Waals surface area contributed by atoms with E-state index in [-0.39, 0.29) is 6.61 Å². The smallest absolute Gasteiger partial charge is 0.144 e. The summed E-state index contributed by atoms with van der Waals surface area (Å²) in [6.07, 6.45) is 3.58. The third-order valence-electron chi connectivity index (χ3n) is 1.96. The fourth-order valence-corrected chi connectivity index (χ4v) is 1.30. The van der Waals surface area contributed by atoms with Gasteiger partial charge in [-0.1, -0.05) is 11.8 Å². The van der Waals surface area contributed by atoms with Gasteiger partial charge in [0.25, 0.3) is 0 Å². The Balaban J connectivity index is 2.50. The third kappa shape index (κ3) is 1.75. The van der Waals surface area contributed by atoms with Crippen molar-refractivity contribution < 1.29 is 5.11 Å². The quantitative estimate of drug-likeness (QED) is 0.579. The summed E-state index contributed by atoms with van der Waals surface area (Å²) < 4.78 is 0. The van der Waals surface area contributed by atoms with E-state index in [9.17, 15) is 0 Å². The summed E-state index contributed by atoms with van der Waals surface area (Å²) in [6, 6.07) is 0. The Bertz CT molecular complexity index is 535. The molecule has 0 spiro atoms. The summed E-state index contributed by atoms with van der Waals surface area (Å²) in [5.41, 5.74) is 7.15. The van der Waals surface area contributed by atoms with Crippen molar-refractivity contribution in [2.75, 3.05) is 12.3 Å². The SMILES string of the molecule is Nc1ncnc2[nH]cc(C#CCCO)c12. The van der Waals surface area contributed by atoms with Crippen molar-refractivity contribution in [1.29, 1.82) is 0 Å². The third-order valence-corrected chi connectivity index (χ3v) is 1.96. The second-order valence-electron chi connectivity index (χ2n) is 2.96. The molecule has 0 fully saturated rings. The van der Waals surface area contributed by atoms with E-state index in [1.807, 2.05) is 0 Å². The largest absolute Gasteiger partial charge is 0.395 e. The number of H-pyrrole nitrogens is 1. The lowest BCUT2D eigenvalue weighted by atomic mass is 10.2. The van der Waals surface area contributed by atoms with Crippen molar-refractivity contribution >= 4 is 16.9 Å². The first-order valence-electron chi connectivity index (χ1n) is 4.50. The molecule has 0 radical (unpaired) electrons. The number of nitrogens with one attached hydrogen (secondary N) is 1. The molecule has 2 rings (SSSR count). The van der Waals surface area contributed by atoms with Crippen molar-refractivity contribution in [2.45, 2.75) is 6.42 Å². The van der Waals surface area contributed by atoms with Crippen LogP contribution in [0.2, 0.25) is 0 Å². The van der Waals surface area contributed by atoms with E-state index in [1.165, 1.54) is 6.33 Å². The van der Waals surface area contributed by atoms with Gasteiger partial charge in [-0.15, -0.1) is 0 Å². The van der Waals surface area contributed by atoms with Gasteiger partial charge in [0.2, 0.25) is 0 Å². The number of anilines is 1. The number of aromatic nitrogens is 3. The summed E-state index contributed by atoms with van der Waals surface area (Å²) in [5, 5.41) is 9.34. The summed E-state index contributed by atoms with van der Waals surface area (Å²) in [7, 11) is 0. The molecule has 0 saturated heterocycles. The number of hydrogen-bond acceptors (Lipinski definition) is 4. The average Bonchev–Trinajstić information content (AvgIpc) is 2.63. The van der Waals surface area contributed by atoms with E-state index in [1.54, 1.807) is 6.20 Å². The average molecular weight is 202 g/mol. The Morgan fingerprint density at radius 1 is 1.47 bits per heavy atom. The van der Waals surface area contributed by atoms with Crippen LogP contribution in [0.4, 0.5) is 5.82 Å². The minimum Gasteiger partial charge on any atom is -0.395 e. The maximum atomic E-state index is 8.60. The van der Waals surface area contributed by atoms with Crippen molar-refractivity contribution in [2.24, 2.45) is 0 Å². The molecule has 0 aliphatic heterocycles. The molecule has 0 aliphatic rings. The number of nitrogens with two attached hydrogens (primary N) is 1. The highest BCUT2D eigenvalue weighted by Crippen LogP contribution is 2.19. The fraction of sp³-hybridized carbons (Fsp3) is 0.200. The highest BCUT2D eigenvalue weighted by Gasteiger charge is 2.05. The minimum atomic E-state index is 0.0569. The number of fused-ring (bicyclic) bond motifs is 1. The standard InChI is InChI=1S/C10H10N4O/c11-9-8-7(3-1-2-4-15)5-12-10(8)14-6-13-9/h5-6,15H,2,4H2,(H3,11,12,13,14). The molecular weight excluding hydrogens is 192 g/mol.